The van der Waals surface area contributed by atoms with Crippen LogP contribution in [0.25, 0.3) is 0 Å². The number of hydrogen-bond donors (Lipinski definition) is 0. The minimum absolute atomic E-state index is 0. The van der Waals surface area contributed by atoms with E-state index in [9.17, 15) is 0 Å². The molecule has 0 amide bonds. The summed E-state index contributed by atoms with van der Waals surface area (Å²) in [5, 5.41) is 0. The van der Waals surface area contributed by atoms with Gasteiger partial charge >= 0.3 is 0 Å². The van der Waals surface area contributed by atoms with Crippen LogP contribution in [0.4, 0.5) is 0 Å². The van der Waals surface area contributed by atoms with Crippen LogP contribution in [0, 0.1) is 30.6 Å². The van der Waals surface area contributed by atoms with Crippen LogP contribution in [0.2, 0.25) is 0 Å². The van der Waals surface area contributed by atoms with Gasteiger partial charge in [0, 0.05) is 32.7 Å². The first kappa shape index (κ1) is 20.0. The number of rotatable bonds is 1. The van der Waals surface area contributed by atoms with Crippen molar-refractivity contribution in [1.29, 1.82) is 0 Å². The topological polar surface area (TPSA) is 18.5 Å². The largest absolute Gasteiger partial charge is 0.313 e. The van der Waals surface area contributed by atoms with Gasteiger partial charge in [-0.2, -0.15) is 19.3 Å². The van der Waals surface area contributed by atoms with Crippen LogP contribution in [0.15, 0.2) is 24.3 Å². The molecule has 3 heteroatoms. The van der Waals surface area contributed by atoms with Crippen LogP contribution in [0.5, 0.6) is 0 Å². The quantitative estimate of drug-likeness (QED) is 0.429. The first-order valence-corrected chi connectivity index (χ1v) is 9.81. The molecular weight excluding hydrogens is 385 g/mol. The molecule has 3 unspecified atom stereocenters. The van der Waals surface area contributed by atoms with Crippen molar-refractivity contribution in [2.45, 2.75) is 77.4 Å². The fourth-order valence-corrected chi connectivity index (χ4v) is 5.97. The summed E-state index contributed by atoms with van der Waals surface area (Å²) in [6.07, 6.45) is 7.87. The Balaban J connectivity index is 0.000000428. The molecular formula is C22H31O2Y-. The molecule has 1 heterocycles. The molecule has 4 aliphatic carbocycles. The molecule has 5 fully saturated rings. The average Bonchev–Trinajstić information content (AvgIpc) is 2.53. The second-order valence-electron chi connectivity index (χ2n) is 8.66. The zero-order chi connectivity index (χ0) is 16.9. The van der Waals surface area contributed by atoms with Gasteiger partial charge in [-0.25, -0.2) is 9.78 Å². The van der Waals surface area contributed by atoms with Crippen LogP contribution in [-0.2, 0) is 48.1 Å². The fraction of sp³-hybridized carbons (Fsp3) is 0.682. The molecule has 1 saturated heterocycles. The predicted molar refractivity (Wildman–Crippen MR) is 96.2 cm³/mol. The summed E-state index contributed by atoms with van der Waals surface area (Å²) in [4.78, 5) is 11.8. The number of aryl methyl sites for hydroxylation is 1. The smallest absolute Gasteiger partial charge is 0.158 e. The Kier molecular flexibility index (Phi) is 5.87. The Labute approximate surface area is 178 Å². The van der Waals surface area contributed by atoms with Gasteiger partial charge in [0.1, 0.15) is 5.60 Å². The van der Waals surface area contributed by atoms with Gasteiger partial charge in [-0.05, 0) is 44.1 Å². The van der Waals surface area contributed by atoms with Gasteiger partial charge in [-0.1, -0.05) is 56.0 Å². The van der Waals surface area contributed by atoms with E-state index >= 15 is 0 Å². The molecule has 1 spiro atoms. The van der Waals surface area contributed by atoms with E-state index in [2.05, 4.69) is 52.0 Å². The molecule has 135 valence electrons. The van der Waals surface area contributed by atoms with Crippen molar-refractivity contribution in [3.05, 3.63) is 41.3 Å². The first-order valence-electron chi connectivity index (χ1n) is 9.81. The maximum absolute atomic E-state index is 5.99. The molecule has 5 aliphatic rings. The molecule has 1 aromatic rings. The van der Waals surface area contributed by atoms with Crippen molar-refractivity contribution in [3.63, 3.8) is 0 Å². The summed E-state index contributed by atoms with van der Waals surface area (Å²) < 4.78 is 0. The summed E-state index contributed by atoms with van der Waals surface area (Å²) in [6, 6.07) is 8.81. The summed E-state index contributed by atoms with van der Waals surface area (Å²) >= 11 is 0. The third kappa shape index (κ3) is 2.91. The van der Waals surface area contributed by atoms with Gasteiger partial charge in [0.05, 0.1) is 0 Å². The summed E-state index contributed by atoms with van der Waals surface area (Å²) in [7, 11) is 0. The van der Waals surface area contributed by atoms with Crippen molar-refractivity contribution < 1.29 is 42.5 Å². The Morgan fingerprint density at radius 2 is 1.72 bits per heavy atom. The molecule has 0 aromatic heterocycles. The monoisotopic (exact) mass is 416 g/mol. The normalized spacial score (nSPS) is 40.9. The maximum Gasteiger partial charge on any atom is 0.158 e. The molecule has 25 heavy (non-hydrogen) atoms. The van der Waals surface area contributed by atoms with Gasteiger partial charge in [0.15, 0.2) is 5.60 Å². The van der Waals surface area contributed by atoms with Crippen LogP contribution < -0.4 is 0 Å². The van der Waals surface area contributed by atoms with Crippen LogP contribution in [-0.4, -0.2) is 5.60 Å². The fourth-order valence-electron chi connectivity index (χ4n) is 5.97. The molecule has 0 N–H and O–H groups in total. The van der Waals surface area contributed by atoms with Crippen LogP contribution in [0.1, 0.15) is 70.4 Å². The Bertz CT molecular complexity index is 586. The van der Waals surface area contributed by atoms with Gasteiger partial charge in [-0.15, -0.1) is 0 Å². The van der Waals surface area contributed by atoms with Crippen molar-refractivity contribution in [3.8, 4) is 0 Å². The van der Waals surface area contributed by atoms with Gasteiger partial charge in [0.25, 0.3) is 0 Å². The third-order valence-electron chi connectivity index (χ3n) is 6.76. The van der Waals surface area contributed by atoms with E-state index in [-0.39, 0.29) is 43.9 Å². The molecule has 1 radical (unpaired) electrons. The number of benzene rings is 1. The zero-order valence-electron chi connectivity index (χ0n) is 16.2. The van der Waals surface area contributed by atoms with Crippen LogP contribution in [0.3, 0.4) is 0 Å². The Hall–Kier alpha value is 0.244. The van der Waals surface area contributed by atoms with Crippen molar-refractivity contribution in [2.24, 2.45) is 17.8 Å². The van der Waals surface area contributed by atoms with E-state index in [4.69, 9.17) is 9.78 Å². The zero-order valence-corrected chi connectivity index (χ0v) is 19.0. The molecule has 4 saturated carbocycles. The summed E-state index contributed by atoms with van der Waals surface area (Å²) in [5.74, 6) is 4.06. The van der Waals surface area contributed by atoms with Gasteiger partial charge < -0.3 is 5.92 Å². The van der Waals surface area contributed by atoms with E-state index in [1.807, 2.05) is 0 Å². The second-order valence-corrected chi connectivity index (χ2v) is 8.66. The Morgan fingerprint density at radius 1 is 1.08 bits per heavy atom. The van der Waals surface area contributed by atoms with E-state index < -0.39 is 0 Å². The number of hydrogen-bond acceptors (Lipinski definition) is 2. The van der Waals surface area contributed by atoms with E-state index in [1.54, 1.807) is 5.92 Å². The molecule has 1 aromatic carbocycles. The molecule has 3 atom stereocenters. The van der Waals surface area contributed by atoms with Gasteiger partial charge in [-0.3, -0.25) is 0 Å². The van der Waals surface area contributed by atoms with Crippen molar-refractivity contribution in [1.82, 2.24) is 0 Å². The molecule has 2 nitrogen and oxygen atoms in total. The van der Waals surface area contributed by atoms with E-state index in [0.29, 0.717) is 11.8 Å². The van der Waals surface area contributed by atoms with E-state index in [1.165, 1.54) is 49.7 Å². The average molecular weight is 416 g/mol. The SMILES string of the molecule is CCC.Cc1cccc(C2(C)OOC23C2C[C-]4CC(C2)CC3C4)c1.[Y]. The molecule has 1 aliphatic heterocycles. The maximum atomic E-state index is 5.99. The predicted octanol–water partition coefficient (Wildman–Crippen LogP) is 5.74. The van der Waals surface area contributed by atoms with E-state index in [0.717, 1.165) is 5.92 Å². The van der Waals surface area contributed by atoms with Gasteiger partial charge in [0.2, 0.25) is 0 Å². The standard InChI is InChI=1S/C19H23O2.C3H8.Y/c1-12-4-3-5-15(6-12)18(2)19(21-20-18)16-8-13-7-14(10-16)11-17(19)9-13;1-3-2;/h3-6,13,16-17H,7-11H2,1-2H3;3H2,1-2H3;/q-1;;. The summed E-state index contributed by atoms with van der Waals surface area (Å²) in [6.45, 7) is 8.67. The summed E-state index contributed by atoms with van der Waals surface area (Å²) in [5.41, 5.74) is 2.27. The Morgan fingerprint density at radius 3 is 2.20 bits per heavy atom. The molecule has 4 bridgehead atoms. The minimum atomic E-state index is -0.262. The first-order chi connectivity index (χ1) is 11.5. The molecule has 6 rings (SSSR count). The van der Waals surface area contributed by atoms with Crippen molar-refractivity contribution in [2.75, 3.05) is 0 Å². The second kappa shape index (κ2) is 7.34. The van der Waals surface area contributed by atoms with Crippen molar-refractivity contribution >= 4 is 0 Å². The third-order valence-corrected chi connectivity index (χ3v) is 6.76. The minimum Gasteiger partial charge on any atom is -0.313 e. The van der Waals surface area contributed by atoms with Crippen LogP contribution >= 0.6 is 0 Å².